The second-order valence-corrected chi connectivity index (χ2v) is 7.53. The van der Waals surface area contributed by atoms with Crippen LogP contribution >= 0.6 is 0 Å². The van der Waals surface area contributed by atoms with Gasteiger partial charge in [0.15, 0.2) is 0 Å². The molecule has 1 aliphatic rings. The molecule has 1 fully saturated rings. The lowest BCUT2D eigenvalue weighted by molar-refractivity contribution is -0.115. The Labute approximate surface area is 187 Å². The summed E-state index contributed by atoms with van der Waals surface area (Å²) in [5.74, 6) is 2.04. The van der Waals surface area contributed by atoms with E-state index >= 15 is 0 Å². The smallest absolute Gasteiger partial charge is 0.228 e. The fraction of sp³-hybridized carbons (Fsp3) is 0.292. The van der Waals surface area contributed by atoms with Crippen LogP contribution in [0.4, 0.5) is 23.1 Å². The number of nitrogens with zero attached hydrogens (tertiary/aromatic N) is 3. The molecule has 2 heterocycles. The third-order valence-corrected chi connectivity index (χ3v) is 5.12. The second-order valence-electron chi connectivity index (χ2n) is 7.53. The molecule has 0 bridgehead atoms. The Hall–Kier alpha value is -3.65. The number of aryl methyl sites for hydroxylation is 1. The van der Waals surface area contributed by atoms with Crippen LogP contribution in [0.15, 0.2) is 54.6 Å². The van der Waals surface area contributed by atoms with E-state index in [0.717, 1.165) is 41.5 Å². The van der Waals surface area contributed by atoms with Crippen LogP contribution in [0.5, 0.6) is 5.75 Å². The van der Waals surface area contributed by atoms with E-state index in [1.54, 1.807) is 7.11 Å². The van der Waals surface area contributed by atoms with Gasteiger partial charge in [-0.3, -0.25) is 4.79 Å². The predicted octanol–water partition coefficient (Wildman–Crippen LogP) is 3.56. The highest BCUT2D eigenvalue weighted by Crippen LogP contribution is 2.22. The number of aromatic nitrogens is 2. The molecule has 0 radical (unpaired) electrons. The highest BCUT2D eigenvalue weighted by Gasteiger charge is 2.15. The predicted molar refractivity (Wildman–Crippen MR) is 125 cm³/mol. The minimum atomic E-state index is -0.100. The Morgan fingerprint density at radius 2 is 1.78 bits per heavy atom. The van der Waals surface area contributed by atoms with Gasteiger partial charge in [-0.1, -0.05) is 18.2 Å². The van der Waals surface area contributed by atoms with Gasteiger partial charge in [-0.15, -0.1) is 0 Å². The molecule has 1 saturated heterocycles. The standard InChI is InChI=1S/C24H27N5O3/c1-17-15-22(28-24(25-17)29-11-13-32-14-12-29)26-19-7-9-20(10-8-19)27-23(30)16-18-5-3-4-6-21(18)31-2/h3-10,15H,11-14,16H2,1-2H3,(H,27,30)(H,25,26,28). The van der Waals surface area contributed by atoms with Crippen LogP contribution in [0.25, 0.3) is 0 Å². The molecule has 0 spiro atoms. The van der Waals surface area contributed by atoms with Crippen molar-refractivity contribution >= 4 is 29.0 Å². The van der Waals surface area contributed by atoms with Gasteiger partial charge < -0.3 is 25.0 Å². The average molecular weight is 434 g/mol. The maximum absolute atomic E-state index is 12.4. The number of carbonyl (C=O) groups excluding carboxylic acids is 1. The summed E-state index contributed by atoms with van der Waals surface area (Å²) in [5.41, 5.74) is 3.34. The number of ether oxygens (including phenoxy) is 2. The Morgan fingerprint density at radius 3 is 2.53 bits per heavy atom. The van der Waals surface area contributed by atoms with Crippen LogP contribution in [0.3, 0.4) is 0 Å². The molecule has 32 heavy (non-hydrogen) atoms. The highest BCUT2D eigenvalue weighted by molar-refractivity contribution is 5.92. The molecule has 4 rings (SSSR count). The molecule has 8 nitrogen and oxygen atoms in total. The first-order valence-corrected chi connectivity index (χ1v) is 10.6. The number of anilines is 4. The maximum Gasteiger partial charge on any atom is 0.228 e. The number of nitrogens with one attached hydrogen (secondary N) is 2. The highest BCUT2D eigenvalue weighted by atomic mass is 16.5. The molecular formula is C24H27N5O3. The van der Waals surface area contributed by atoms with Crippen molar-refractivity contribution < 1.29 is 14.3 Å². The summed E-state index contributed by atoms with van der Waals surface area (Å²) in [7, 11) is 1.60. The van der Waals surface area contributed by atoms with Crippen LogP contribution in [-0.2, 0) is 16.0 Å². The third-order valence-electron chi connectivity index (χ3n) is 5.12. The van der Waals surface area contributed by atoms with Crippen molar-refractivity contribution in [3.63, 3.8) is 0 Å². The molecule has 3 aromatic rings. The second kappa shape index (κ2) is 10.1. The average Bonchev–Trinajstić information content (AvgIpc) is 2.81. The van der Waals surface area contributed by atoms with Crippen LogP contribution in [0.2, 0.25) is 0 Å². The minimum absolute atomic E-state index is 0.100. The van der Waals surface area contributed by atoms with Gasteiger partial charge in [0.25, 0.3) is 0 Å². The van der Waals surface area contributed by atoms with E-state index < -0.39 is 0 Å². The molecule has 0 unspecified atom stereocenters. The van der Waals surface area contributed by atoms with Crippen molar-refractivity contribution in [3.05, 3.63) is 65.9 Å². The fourth-order valence-electron chi connectivity index (χ4n) is 3.53. The van der Waals surface area contributed by atoms with Gasteiger partial charge in [0.1, 0.15) is 11.6 Å². The number of para-hydroxylation sites is 1. The zero-order chi connectivity index (χ0) is 22.3. The number of hydrogen-bond acceptors (Lipinski definition) is 7. The molecule has 2 N–H and O–H groups in total. The summed E-state index contributed by atoms with van der Waals surface area (Å²) < 4.78 is 10.7. The zero-order valence-electron chi connectivity index (χ0n) is 18.3. The fourth-order valence-corrected chi connectivity index (χ4v) is 3.53. The van der Waals surface area contributed by atoms with Gasteiger partial charge in [-0.05, 0) is 37.3 Å². The van der Waals surface area contributed by atoms with E-state index in [2.05, 4.69) is 25.5 Å². The maximum atomic E-state index is 12.4. The Bertz CT molecular complexity index is 1070. The van der Waals surface area contributed by atoms with E-state index in [9.17, 15) is 4.79 Å². The van der Waals surface area contributed by atoms with Crippen molar-refractivity contribution in [3.8, 4) is 5.75 Å². The summed E-state index contributed by atoms with van der Waals surface area (Å²) in [6.45, 7) is 4.89. The number of rotatable bonds is 7. The van der Waals surface area contributed by atoms with Crippen molar-refractivity contribution in [2.45, 2.75) is 13.3 Å². The van der Waals surface area contributed by atoms with Gasteiger partial charge in [0.05, 0.1) is 26.7 Å². The first-order chi connectivity index (χ1) is 15.6. The van der Waals surface area contributed by atoms with Crippen molar-refractivity contribution in [1.29, 1.82) is 0 Å². The first-order valence-electron chi connectivity index (χ1n) is 10.6. The van der Waals surface area contributed by atoms with E-state index in [1.807, 2.05) is 61.5 Å². The normalized spacial score (nSPS) is 13.5. The first kappa shape index (κ1) is 21.6. The van der Waals surface area contributed by atoms with Crippen molar-refractivity contribution in [2.24, 2.45) is 0 Å². The van der Waals surface area contributed by atoms with Gasteiger partial charge in [0.2, 0.25) is 11.9 Å². The lowest BCUT2D eigenvalue weighted by Gasteiger charge is -2.27. The van der Waals surface area contributed by atoms with E-state index in [0.29, 0.717) is 24.9 Å². The van der Waals surface area contributed by atoms with Crippen LogP contribution in [0.1, 0.15) is 11.3 Å². The largest absolute Gasteiger partial charge is 0.496 e. The quantitative estimate of drug-likeness (QED) is 0.589. The lowest BCUT2D eigenvalue weighted by atomic mass is 10.1. The summed E-state index contributed by atoms with van der Waals surface area (Å²) in [5, 5.41) is 6.25. The number of morpholine rings is 1. The molecule has 0 saturated carbocycles. The molecule has 1 aromatic heterocycles. The third kappa shape index (κ3) is 5.53. The summed E-state index contributed by atoms with van der Waals surface area (Å²) >= 11 is 0. The molecule has 1 amide bonds. The molecule has 1 aliphatic heterocycles. The zero-order valence-corrected chi connectivity index (χ0v) is 18.3. The molecule has 166 valence electrons. The number of carbonyl (C=O) groups is 1. The molecular weight excluding hydrogens is 406 g/mol. The Morgan fingerprint density at radius 1 is 1.06 bits per heavy atom. The molecule has 0 aliphatic carbocycles. The van der Waals surface area contributed by atoms with E-state index in [-0.39, 0.29) is 12.3 Å². The monoisotopic (exact) mass is 433 g/mol. The lowest BCUT2D eigenvalue weighted by Crippen LogP contribution is -2.37. The van der Waals surface area contributed by atoms with Gasteiger partial charge >= 0.3 is 0 Å². The number of amides is 1. The number of benzene rings is 2. The van der Waals surface area contributed by atoms with E-state index in [4.69, 9.17) is 9.47 Å². The molecule has 2 aromatic carbocycles. The minimum Gasteiger partial charge on any atom is -0.496 e. The van der Waals surface area contributed by atoms with Crippen molar-refractivity contribution in [2.75, 3.05) is 48.9 Å². The summed E-state index contributed by atoms with van der Waals surface area (Å²) in [6.07, 6.45) is 0.245. The topological polar surface area (TPSA) is 88.6 Å². The Kier molecular flexibility index (Phi) is 6.81. The number of methoxy groups -OCH3 is 1. The Balaban J connectivity index is 1.38. The van der Waals surface area contributed by atoms with Gasteiger partial charge in [-0.25, -0.2) is 4.98 Å². The van der Waals surface area contributed by atoms with Crippen molar-refractivity contribution in [1.82, 2.24) is 9.97 Å². The summed E-state index contributed by atoms with van der Waals surface area (Å²) in [4.78, 5) is 23.8. The SMILES string of the molecule is COc1ccccc1CC(=O)Nc1ccc(Nc2cc(C)nc(N3CCOCC3)n2)cc1. The van der Waals surface area contributed by atoms with E-state index in [1.165, 1.54) is 0 Å². The van der Waals surface area contributed by atoms with Gasteiger partial charge in [0, 0.05) is 41.8 Å². The van der Waals surface area contributed by atoms with Crippen LogP contribution in [0, 0.1) is 6.92 Å². The van der Waals surface area contributed by atoms with Crippen LogP contribution < -0.4 is 20.3 Å². The molecule has 8 heteroatoms. The van der Waals surface area contributed by atoms with Gasteiger partial charge in [-0.2, -0.15) is 4.98 Å². The molecule has 0 atom stereocenters. The van der Waals surface area contributed by atoms with Crippen LogP contribution in [-0.4, -0.2) is 49.3 Å². The number of hydrogen-bond donors (Lipinski definition) is 2. The summed E-state index contributed by atoms with van der Waals surface area (Å²) in [6, 6.07) is 17.0.